The van der Waals surface area contributed by atoms with Gasteiger partial charge in [-0.1, -0.05) is 6.07 Å². The Morgan fingerprint density at radius 1 is 1.17 bits per heavy atom. The third-order valence-electron chi connectivity index (χ3n) is 5.99. The van der Waals surface area contributed by atoms with Gasteiger partial charge in [0.1, 0.15) is 0 Å². The number of amides is 2. The minimum Gasteiger partial charge on any atom is -0.377 e. The van der Waals surface area contributed by atoms with Crippen molar-refractivity contribution in [2.75, 3.05) is 37.5 Å². The van der Waals surface area contributed by atoms with Gasteiger partial charge < -0.3 is 19.9 Å². The van der Waals surface area contributed by atoms with E-state index in [1.165, 1.54) is 35.6 Å². The first-order valence-electron chi connectivity index (χ1n) is 11.6. The Morgan fingerprint density at radius 2 is 1.94 bits per heavy atom. The van der Waals surface area contributed by atoms with E-state index in [0.29, 0.717) is 35.8 Å². The van der Waals surface area contributed by atoms with Crippen LogP contribution in [0.4, 0.5) is 17.1 Å². The predicted molar refractivity (Wildman–Crippen MR) is 140 cm³/mol. The van der Waals surface area contributed by atoms with Gasteiger partial charge >= 0.3 is 0 Å². The Balaban J connectivity index is 1.58. The first-order chi connectivity index (χ1) is 17.3. The van der Waals surface area contributed by atoms with Crippen molar-refractivity contribution in [1.82, 2.24) is 4.90 Å². The number of nitro benzene ring substituents is 1. The van der Waals surface area contributed by atoms with Gasteiger partial charge in [0.15, 0.2) is 0 Å². The molecule has 2 amide bonds. The highest BCUT2D eigenvalue weighted by molar-refractivity contribution is 7.12. The second-order valence-electron chi connectivity index (χ2n) is 8.79. The summed E-state index contributed by atoms with van der Waals surface area (Å²) in [4.78, 5) is 40.9. The number of hydrogen-bond donors (Lipinski definition) is 1. The van der Waals surface area contributed by atoms with E-state index in [-0.39, 0.29) is 23.6 Å². The molecule has 0 bridgehead atoms. The van der Waals surface area contributed by atoms with Crippen LogP contribution in [0.25, 0.3) is 0 Å². The molecule has 0 radical (unpaired) electrons. The van der Waals surface area contributed by atoms with Crippen molar-refractivity contribution in [3.05, 3.63) is 86.1 Å². The molecule has 36 heavy (non-hydrogen) atoms. The van der Waals surface area contributed by atoms with Crippen molar-refractivity contribution in [3.63, 3.8) is 0 Å². The Labute approximate surface area is 213 Å². The van der Waals surface area contributed by atoms with Gasteiger partial charge in [0, 0.05) is 62.9 Å². The van der Waals surface area contributed by atoms with Crippen LogP contribution in [0.2, 0.25) is 0 Å². The maximum Gasteiger partial charge on any atom is 0.269 e. The quantitative estimate of drug-likeness (QED) is 0.329. The smallest absolute Gasteiger partial charge is 0.269 e. The van der Waals surface area contributed by atoms with Crippen LogP contribution in [0, 0.1) is 10.1 Å². The Hall–Kier alpha value is -3.76. The van der Waals surface area contributed by atoms with E-state index in [1.807, 2.05) is 53.5 Å². The number of nitrogens with one attached hydrogen (secondary N) is 1. The molecule has 0 unspecified atom stereocenters. The van der Waals surface area contributed by atoms with E-state index in [1.54, 1.807) is 6.07 Å². The van der Waals surface area contributed by atoms with Crippen molar-refractivity contribution in [3.8, 4) is 0 Å². The molecule has 1 atom stereocenters. The molecule has 2 heterocycles. The highest BCUT2D eigenvalue weighted by Gasteiger charge is 2.25. The third kappa shape index (κ3) is 6.07. The normalized spacial score (nSPS) is 14.9. The van der Waals surface area contributed by atoms with Crippen LogP contribution >= 0.6 is 11.3 Å². The van der Waals surface area contributed by atoms with Crippen molar-refractivity contribution in [2.45, 2.75) is 25.5 Å². The molecule has 1 aliphatic heterocycles. The number of anilines is 2. The molecule has 188 valence electrons. The van der Waals surface area contributed by atoms with Gasteiger partial charge in [0.05, 0.1) is 15.9 Å². The molecule has 2 aromatic carbocycles. The fourth-order valence-corrected chi connectivity index (χ4v) is 4.87. The molecule has 3 aromatic rings. The Kier molecular flexibility index (Phi) is 7.97. The molecule has 0 spiro atoms. The number of hydrogen-bond acceptors (Lipinski definition) is 7. The summed E-state index contributed by atoms with van der Waals surface area (Å²) < 4.78 is 5.81. The zero-order valence-electron chi connectivity index (χ0n) is 20.2. The molecular formula is C26H28N4O5S. The highest BCUT2D eigenvalue weighted by Crippen LogP contribution is 2.27. The van der Waals surface area contributed by atoms with Crippen LogP contribution in [0.5, 0.6) is 0 Å². The number of carbonyl (C=O) groups excluding carboxylic acids is 2. The SMILES string of the molecule is CN(C)c1ccc(NC(=O)c2ccc([N+](=O)[O-])cc2)cc1CN(C[C@@H]1CCCO1)C(=O)c1cccs1. The van der Waals surface area contributed by atoms with E-state index in [4.69, 9.17) is 4.74 Å². The number of nitrogens with zero attached hydrogens (tertiary/aromatic N) is 3. The molecule has 10 heteroatoms. The highest BCUT2D eigenvalue weighted by atomic mass is 32.1. The lowest BCUT2D eigenvalue weighted by Crippen LogP contribution is -2.37. The van der Waals surface area contributed by atoms with Crippen LogP contribution in [-0.2, 0) is 11.3 Å². The predicted octanol–water partition coefficient (Wildman–Crippen LogP) is 4.80. The number of non-ortho nitro benzene ring substituents is 1. The van der Waals surface area contributed by atoms with Crippen molar-refractivity contribution < 1.29 is 19.2 Å². The fraction of sp³-hybridized carbons (Fsp3) is 0.308. The first kappa shape index (κ1) is 25.3. The summed E-state index contributed by atoms with van der Waals surface area (Å²) in [6, 6.07) is 14.7. The lowest BCUT2D eigenvalue weighted by molar-refractivity contribution is -0.384. The molecule has 0 saturated carbocycles. The maximum atomic E-state index is 13.4. The number of thiophene rings is 1. The van der Waals surface area contributed by atoms with Gasteiger partial charge in [-0.15, -0.1) is 11.3 Å². The van der Waals surface area contributed by atoms with E-state index < -0.39 is 4.92 Å². The summed E-state index contributed by atoms with van der Waals surface area (Å²) >= 11 is 1.41. The van der Waals surface area contributed by atoms with Crippen molar-refractivity contribution in [1.29, 1.82) is 0 Å². The number of benzene rings is 2. The maximum absolute atomic E-state index is 13.4. The molecule has 1 saturated heterocycles. The van der Waals surface area contributed by atoms with E-state index >= 15 is 0 Å². The molecule has 1 N–H and O–H groups in total. The topological polar surface area (TPSA) is 105 Å². The second-order valence-corrected chi connectivity index (χ2v) is 9.74. The van der Waals surface area contributed by atoms with Gasteiger partial charge in [0.2, 0.25) is 0 Å². The fourth-order valence-electron chi connectivity index (χ4n) is 4.18. The minimum atomic E-state index is -0.506. The van der Waals surface area contributed by atoms with Crippen LogP contribution in [0.3, 0.4) is 0 Å². The summed E-state index contributed by atoms with van der Waals surface area (Å²) in [6.45, 7) is 1.55. The van der Waals surface area contributed by atoms with Crippen LogP contribution < -0.4 is 10.2 Å². The monoisotopic (exact) mass is 508 g/mol. The van der Waals surface area contributed by atoms with Gasteiger partial charge in [-0.25, -0.2) is 0 Å². The average molecular weight is 509 g/mol. The first-order valence-corrected chi connectivity index (χ1v) is 12.5. The molecule has 0 aliphatic carbocycles. The summed E-state index contributed by atoms with van der Waals surface area (Å²) in [5.41, 5.74) is 2.61. The summed E-state index contributed by atoms with van der Waals surface area (Å²) in [5, 5.41) is 15.6. The number of nitro groups is 1. The average Bonchev–Trinajstić information content (AvgIpc) is 3.58. The minimum absolute atomic E-state index is 0.00161. The van der Waals surface area contributed by atoms with Crippen LogP contribution in [0.15, 0.2) is 60.0 Å². The van der Waals surface area contributed by atoms with Gasteiger partial charge in [-0.05, 0) is 60.2 Å². The molecule has 1 fully saturated rings. The van der Waals surface area contributed by atoms with Crippen LogP contribution in [0.1, 0.15) is 38.4 Å². The zero-order chi connectivity index (χ0) is 25.7. The van der Waals surface area contributed by atoms with Crippen molar-refractivity contribution >= 4 is 40.2 Å². The lowest BCUT2D eigenvalue weighted by atomic mass is 10.1. The third-order valence-corrected chi connectivity index (χ3v) is 6.85. The standard InChI is InChI=1S/C26H28N4O5S/c1-28(2)23-12-9-20(27-25(31)18-7-10-21(11-8-18)30(33)34)15-19(23)16-29(17-22-5-3-13-35-22)26(32)24-6-4-14-36-24/h4,6-12,14-15,22H,3,5,13,16-17H2,1-2H3,(H,27,31)/t22-/m0/s1. The number of ether oxygens (including phenoxy) is 1. The second kappa shape index (κ2) is 11.3. The molecule has 1 aromatic heterocycles. The van der Waals surface area contributed by atoms with Gasteiger partial charge in [-0.2, -0.15) is 0 Å². The van der Waals surface area contributed by atoms with Gasteiger partial charge in [-0.3, -0.25) is 19.7 Å². The Bertz CT molecular complexity index is 1220. The summed E-state index contributed by atoms with van der Waals surface area (Å²) in [7, 11) is 3.86. The molecule has 1 aliphatic rings. The Morgan fingerprint density at radius 3 is 2.56 bits per heavy atom. The number of rotatable bonds is 9. The molecule has 4 rings (SSSR count). The van der Waals surface area contributed by atoms with E-state index in [0.717, 1.165) is 24.1 Å². The van der Waals surface area contributed by atoms with E-state index in [2.05, 4.69) is 5.32 Å². The largest absolute Gasteiger partial charge is 0.377 e. The van der Waals surface area contributed by atoms with Crippen LogP contribution in [-0.4, -0.2) is 55.0 Å². The van der Waals surface area contributed by atoms with Gasteiger partial charge in [0.25, 0.3) is 17.5 Å². The van der Waals surface area contributed by atoms with Crippen molar-refractivity contribution in [2.24, 2.45) is 0 Å². The van der Waals surface area contributed by atoms with E-state index in [9.17, 15) is 19.7 Å². The zero-order valence-corrected chi connectivity index (χ0v) is 21.0. The lowest BCUT2D eigenvalue weighted by Gasteiger charge is -2.28. The molecule has 9 nitrogen and oxygen atoms in total. The summed E-state index contributed by atoms with van der Waals surface area (Å²) in [5.74, 6) is -0.426. The number of carbonyl (C=O) groups is 2. The molecular weight excluding hydrogens is 480 g/mol. The summed E-state index contributed by atoms with van der Waals surface area (Å²) in [6.07, 6.45) is 1.90.